The van der Waals surface area contributed by atoms with Gasteiger partial charge in [0.25, 0.3) is 0 Å². The summed E-state index contributed by atoms with van der Waals surface area (Å²) in [5.41, 5.74) is 0.671. The largest absolute Gasteiger partial charge is 0.494 e. The maximum absolute atomic E-state index is 13.2. The number of benzene rings is 1. The molecule has 2 rings (SSSR count). The molecule has 0 aliphatic carbocycles. The van der Waals surface area contributed by atoms with E-state index in [1.165, 1.54) is 13.2 Å². The number of nitrogens with one attached hydrogen (secondary N) is 1. The fraction of sp³-hybridized carbons (Fsp3) is 0.0909. The maximum Gasteiger partial charge on any atom is 0.227 e. The summed E-state index contributed by atoms with van der Waals surface area (Å²) in [6, 6.07) is 4.48. The van der Waals surface area contributed by atoms with Gasteiger partial charge in [0.15, 0.2) is 11.6 Å². The van der Waals surface area contributed by atoms with Crippen molar-refractivity contribution in [2.75, 3.05) is 12.4 Å². The van der Waals surface area contributed by atoms with Gasteiger partial charge in [-0.3, -0.25) is 0 Å². The number of anilines is 2. The van der Waals surface area contributed by atoms with Gasteiger partial charge >= 0.3 is 0 Å². The predicted octanol–water partition coefficient (Wildman–Crippen LogP) is 2.97. The van der Waals surface area contributed by atoms with Crippen LogP contribution in [0.3, 0.4) is 0 Å². The summed E-state index contributed by atoms with van der Waals surface area (Å²) in [4.78, 5) is 8.17. The first-order chi connectivity index (χ1) is 8.19. The van der Waals surface area contributed by atoms with Crippen LogP contribution in [0.4, 0.5) is 16.0 Å². The summed E-state index contributed by atoms with van der Waals surface area (Å²) in [6.45, 7) is 0. The fourth-order valence-corrected chi connectivity index (χ4v) is 1.52. The number of hydrogen-bond donors (Lipinski definition) is 1. The molecule has 6 heteroatoms. The van der Waals surface area contributed by atoms with Gasteiger partial charge in [-0.1, -0.05) is 0 Å². The van der Waals surface area contributed by atoms with Crippen LogP contribution in [0.1, 0.15) is 0 Å². The highest BCUT2D eigenvalue weighted by Gasteiger charge is 2.04. The van der Waals surface area contributed by atoms with Gasteiger partial charge in [-0.15, -0.1) is 0 Å². The van der Waals surface area contributed by atoms with Crippen LogP contribution in [0.15, 0.2) is 30.6 Å². The number of ether oxygens (including phenoxy) is 1. The van der Waals surface area contributed by atoms with E-state index in [9.17, 15) is 4.39 Å². The van der Waals surface area contributed by atoms with Crippen molar-refractivity contribution in [3.05, 3.63) is 40.0 Å². The SMILES string of the molecule is COc1cc(Nc2ncc(I)cn2)ccc1F. The number of methoxy groups -OCH3 is 1. The lowest BCUT2D eigenvalue weighted by Gasteiger charge is -2.07. The molecule has 0 fully saturated rings. The lowest BCUT2D eigenvalue weighted by molar-refractivity contribution is 0.387. The average Bonchev–Trinajstić information content (AvgIpc) is 2.34. The van der Waals surface area contributed by atoms with Crippen LogP contribution in [0.2, 0.25) is 0 Å². The Morgan fingerprint density at radius 3 is 2.65 bits per heavy atom. The summed E-state index contributed by atoms with van der Waals surface area (Å²) in [5.74, 6) is 0.237. The Bertz CT molecular complexity index is 519. The Kier molecular flexibility index (Phi) is 3.72. The second kappa shape index (κ2) is 5.26. The zero-order valence-corrected chi connectivity index (χ0v) is 11.1. The van der Waals surface area contributed by atoms with E-state index in [1.54, 1.807) is 24.5 Å². The second-order valence-corrected chi connectivity index (χ2v) is 4.44. The van der Waals surface area contributed by atoms with Gasteiger partial charge in [-0.05, 0) is 34.7 Å². The molecule has 1 N–H and O–H groups in total. The van der Waals surface area contributed by atoms with Crippen LogP contribution in [0.5, 0.6) is 5.75 Å². The Balaban J connectivity index is 2.21. The van der Waals surface area contributed by atoms with Crippen LogP contribution in [0, 0.1) is 9.39 Å². The molecular weight excluding hydrogens is 336 g/mol. The van der Waals surface area contributed by atoms with E-state index in [-0.39, 0.29) is 5.75 Å². The molecule has 0 radical (unpaired) electrons. The molecule has 1 aromatic heterocycles. The highest BCUT2D eigenvalue weighted by atomic mass is 127. The summed E-state index contributed by atoms with van der Waals surface area (Å²) >= 11 is 2.12. The van der Waals surface area contributed by atoms with Crippen molar-refractivity contribution in [2.45, 2.75) is 0 Å². The van der Waals surface area contributed by atoms with Crippen molar-refractivity contribution in [2.24, 2.45) is 0 Å². The van der Waals surface area contributed by atoms with Gasteiger partial charge in [0, 0.05) is 27.7 Å². The van der Waals surface area contributed by atoms with Crippen LogP contribution >= 0.6 is 22.6 Å². The summed E-state index contributed by atoms with van der Waals surface area (Å²) < 4.78 is 19.0. The molecule has 1 aromatic carbocycles. The Morgan fingerprint density at radius 2 is 2.00 bits per heavy atom. The highest BCUT2D eigenvalue weighted by molar-refractivity contribution is 14.1. The molecule has 88 valence electrons. The number of rotatable bonds is 3. The summed E-state index contributed by atoms with van der Waals surface area (Å²) in [7, 11) is 1.42. The normalized spacial score (nSPS) is 10.1. The van der Waals surface area contributed by atoms with Crippen LogP contribution < -0.4 is 10.1 Å². The quantitative estimate of drug-likeness (QED) is 0.869. The molecule has 0 unspecified atom stereocenters. The Morgan fingerprint density at radius 1 is 1.29 bits per heavy atom. The minimum Gasteiger partial charge on any atom is -0.494 e. The molecule has 0 bridgehead atoms. The lowest BCUT2D eigenvalue weighted by Crippen LogP contribution is -1.98. The van der Waals surface area contributed by atoms with Crippen LogP contribution in [0.25, 0.3) is 0 Å². The molecule has 0 saturated carbocycles. The van der Waals surface area contributed by atoms with Crippen molar-refractivity contribution in [3.8, 4) is 5.75 Å². The van der Waals surface area contributed by atoms with E-state index in [0.29, 0.717) is 11.6 Å². The third-order valence-electron chi connectivity index (χ3n) is 2.03. The molecule has 0 spiro atoms. The van der Waals surface area contributed by atoms with E-state index in [1.807, 2.05) is 0 Å². The summed E-state index contributed by atoms with van der Waals surface area (Å²) in [5, 5.41) is 2.96. The number of nitrogens with zero attached hydrogens (tertiary/aromatic N) is 2. The van der Waals surface area contributed by atoms with Crippen molar-refractivity contribution < 1.29 is 9.13 Å². The molecule has 2 aromatic rings. The standard InChI is InChI=1S/C11H9FIN3O/c1-17-10-4-8(2-3-9(10)12)16-11-14-5-7(13)6-15-11/h2-6H,1H3,(H,14,15,16). The third-order valence-corrected chi connectivity index (χ3v) is 2.58. The Labute approximate surface area is 111 Å². The fourth-order valence-electron chi connectivity index (χ4n) is 1.24. The lowest BCUT2D eigenvalue weighted by atomic mass is 10.3. The topological polar surface area (TPSA) is 47.0 Å². The van der Waals surface area contributed by atoms with Gasteiger partial charge in [-0.25, -0.2) is 14.4 Å². The van der Waals surface area contributed by atoms with Gasteiger partial charge in [-0.2, -0.15) is 0 Å². The first kappa shape index (κ1) is 12.0. The zero-order valence-electron chi connectivity index (χ0n) is 8.95. The highest BCUT2D eigenvalue weighted by Crippen LogP contribution is 2.23. The van der Waals surface area contributed by atoms with Crippen molar-refractivity contribution in [1.29, 1.82) is 0 Å². The van der Waals surface area contributed by atoms with Crippen LogP contribution in [-0.4, -0.2) is 17.1 Å². The minimum absolute atomic E-state index is 0.181. The Hall–Kier alpha value is -1.44. The predicted molar refractivity (Wildman–Crippen MR) is 71.0 cm³/mol. The smallest absolute Gasteiger partial charge is 0.227 e. The number of hydrogen-bond acceptors (Lipinski definition) is 4. The zero-order chi connectivity index (χ0) is 12.3. The van der Waals surface area contributed by atoms with E-state index in [0.717, 1.165) is 3.57 Å². The summed E-state index contributed by atoms with van der Waals surface area (Å²) in [6.07, 6.45) is 3.38. The van der Waals surface area contributed by atoms with Crippen molar-refractivity contribution in [1.82, 2.24) is 9.97 Å². The van der Waals surface area contributed by atoms with E-state index < -0.39 is 5.82 Å². The van der Waals surface area contributed by atoms with Crippen LogP contribution in [-0.2, 0) is 0 Å². The van der Waals surface area contributed by atoms with Gasteiger partial charge in [0.05, 0.1) is 7.11 Å². The maximum atomic E-state index is 13.2. The van der Waals surface area contributed by atoms with E-state index in [4.69, 9.17) is 4.74 Å². The molecule has 0 atom stereocenters. The first-order valence-corrected chi connectivity index (χ1v) is 5.85. The minimum atomic E-state index is -0.401. The number of aromatic nitrogens is 2. The molecule has 17 heavy (non-hydrogen) atoms. The van der Waals surface area contributed by atoms with E-state index >= 15 is 0 Å². The van der Waals surface area contributed by atoms with Gasteiger partial charge in [0.1, 0.15) is 0 Å². The molecule has 0 saturated heterocycles. The monoisotopic (exact) mass is 345 g/mol. The van der Waals surface area contributed by atoms with Gasteiger partial charge < -0.3 is 10.1 Å². The van der Waals surface area contributed by atoms with Crippen molar-refractivity contribution >= 4 is 34.2 Å². The van der Waals surface area contributed by atoms with Crippen molar-refractivity contribution in [3.63, 3.8) is 0 Å². The molecule has 0 aliphatic rings. The van der Waals surface area contributed by atoms with Gasteiger partial charge in [0.2, 0.25) is 5.95 Å². The molecule has 0 aliphatic heterocycles. The number of halogens is 2. The molecule has 0 amide bonds. The molecular formula is C11H9FIN3O. The first-order valence-electron chi connectivity index (χ1n) is 4.77. The molecule has 4 nitrogen and oxygen atoms in total. The second-order valence-electron chi connectivity index (χ2n) is 3.20. The molecule has 1 heterocycles. The average molecular weight is 345 g/mol. The third kappa shape index (κ3) is 3.02. The van der Waals surface area contributed by atoms with E-state index in [2.05, 4.69) is 37.9 Å².